The molecule has 2 aliphatic heterocycles. The van der Waals surface area contributed by atoms with Gasteiger partial charge >= 0.3 is 6.18 Å². The van der Waals surface area contributed by atoms with Gasteiger partial charge in [0.1, 0.15) is 5.82 Å². The predicted octanol–water partition coefficient (Wildman–Crippen LogP) is 3.97. The molecule has 2 aromatic heterocycles. The number of aryl methyl sites for hydroxylation is 1. The first-order valence-electron chi connectivity index (χ1n) is 12.9. The van der Waals surface area contributed by atoms with Crippen molar-refractivity contribution >= 4 is 11.5 Å². The Kier molecular flexibility index (Phi) is 7.17. The summed E-state index contributed by atoms with van der Waals surface area (Å²) in [4.78, 5) is 9.57. The first-order chi connectivity index (χ1) is 17.6. The van der Waals surface area contributed by atoms with Gasteiger partial charge < -0.3 is 15.0 Å². The van der Waals surface area contributed by atoms with Crippen LogP contribution in [0.15, 0.2) is 24.3 Å². The molecule has 2 fully saturated rings. The summed E-state index contributed by atoms with van der Waals surface area (Å²) in [5.41, 5.74) is 3.75. The van der Waals surface area contributed by atoms with E-state index in [1.165, 1.54) is 6.07 Å². The Hall–Kier alpha value is -2.69. The van der Waals surface area contributed by atoms with Gasteiger partial charge in [-0.15, -0.1) is 5.10 Å². The van der Waals surface area contributed by atoms with Gasteiger partial charge in [0.2, 0.25) is 0 Å². The first-order valence-corrected chi connectivity index (χ1v) is 12.9. The number of rotatable bonds is 5. The Balaban J connectivity index is 1.59. The molecule has 0 aliphatic carbocycles. The molecule has 0 spiro atoms. The fourth-order valence-corrected chi connectivity index (χ4v) is 5.64. The molecule has 0 amide bonds. The van der Waals surface area contributed by atoms with Crippen molar-refractivity contribution in [2.45, 2.75) is 58.9 Å². The van der Waals surface area contributed by atoms with Crippen molar-refractivity contribution in [3.8, 4) is 0 Å². The third-order valence-electron chi connectivity index (χ3n) is 7.38. The minimum absolute atomic E-state index is 0.251. The van der Waals surface area contributed by atoms with Crippen molar-refractivity contribution < 1.29 is 17.9 Å². The summed E-state index contributed by atoms with van der Waals surface area (Å²) in [7, 11) is 0. The second kappa shape index (κ2) is 10.2. The van der Waals surface area contributed by atoms with E-state index in [1.54, 1.807) is 13.0 Å². The molecule has 2 atom stereocenters. The molecular formula is C27H35F3N6O. The standard InChI is InChI=1S/C27H35F3N6O/c1-17-12-25(35-8-10-37-11-9-35)33-36-24(13-21-6-5-7-22(20(21)4)27(28,29)30)23(32-26(17)36)16-34-14-18(2)31-19(3)15-34/h5-7,12,18-19,31H,8-11,13-16H2,1-4H3. The Morgan fingerprint density at radius 2 is 1.78 bits per heavy atom. The number of aromatic nitrogens is 3. The summed E-state index contributed by atoms with van der Waals surface area (Å²) in [6.45, 7) is 13.1. The third kappa shape index (κ3) is 5.46. The molecule has 2 unspecified atom stereocenters. The number of imidazole rings is 1. The molecule has 0 radical (unpaired) electrons. The fourth-order valence-electron chi connectivity index (χ4n) is 5.64. The maximum Gasteiger partial charge on any atom is 0.416 e. The van der Waals surface area contributed by atoms with Crippen LogP contribution < -0.4 is 10.2 Å². The van der Waals surface area contributed by atoms with E-state index in [0.717, 1.165) is 60.7 Å². The number of morpholine rings is 1. The van der Waals surface area contributed by atoms with Crippen LogP contribution in [0, 0.1) is 13.8 Å². The summed E-state index contributed by atoms with van der Waals surface area (Å²) in [6, 6.07) is 7.17. The molecule has 1 aromatic carbocycles. The normalized spacial score (nSPS) is 21.6. The summed E-state index contributed by atoms with van der Waals surface area (Å²) < 4.78 is 48.4. The molecule has 37 heavy (non-hydrogen) atoms. The number of nitrogens with zero attached hydrogens (tertiary/aromatic N) is 5. The summed E-state index contributed by atoms with van der Waals surface area (Å²) in [5, 5.41) is 8.53. The average molecular weight is 517 g/mol. The molecule has 5 rings (SSSR count). The van der Waals surface area contributed by atoms with Crippen molar-refractivity contribution in [2.75, 3.05) is 44.3 Å². The second-order valence-corrected chi connectivity index (χ2v) is 10.5. The van der Waals surface area contributed by atoms with Crippen LogP contribution in [0.5, 0.6) is 0 Å². The van der Waals surface area contributed by atoms with Gasteiger partial charge in [0.05, 0.1) is 30.2 Å². The predicted molar refractivity (Wildman–Crippen MR) is 137 cm³/mol. The van der Waals surface area contributed by atoms with Gasteiger partial charge in [0.15, 0.2) is 5.65 Å². The molecule has 1 N–H and O–H groups in total. The lowest BCUT2D eigenvalue weighted by atomic mass is 9.98. The highest BCUT2D eigenvalue weighted by Crippen LogP contribution is 2.34. The molecule has 10 heteroatoms. The van der Waals surface area contributed by atoms with Gasteiger partial charge in [-0.3, -0.25) is 4.90 Å². The second-order valence-electron chi connectivity index (χ2n) is 10.5. The molecule has 200 valence electrons. The Bertz CT molecular complexity index is 1260. The lowest BCUT2D eigenvalue weighted by molar-refractivity contribution is -0.138. The van der Waals surface area contributed by atoms with Crippen LogP contribution in [0.2, 0.25) is 0 Å². The molecule has 3 aromatic rings. The number of halogens is 3. The zero-order valence-electron chi connectivity index (χ0n) is 21.9. The third-order valence-corrected chi connectivity index (χ3v) is 7.38. The highest BCUT2D eigenvalue weighted by Gasteiger charge is 2.33. The quantitative estimate of drug-likeness (QED) is 0.554. The van der Waals surface area contributed by atoms with Crippen LogP contribution in [0.3, 0.4) is 0 Å². The van der Waals surface area contributed by atoms with Crippen LogP contribution in [0.1, 0.15) is 47.5 Å². The number of benzene rings is 1. The number of anilines is 1. The first kappa shape index (κ1) is 25.9. The van der Waals surface area contributed by atoms with Crippen LogP contribution in [0.25, 0.3) is 5.65 Å². The number of nitrogens with one attached hydrogen (secondary N) is 1. The maximum atomic E-state index is 13.7. The topological polar surface area (TPSA) is 57.9 Å². The molecule has 2 saturated heterocycles. The van der Waals surface area contributed by atoms with Gasteiger partial charge in [-0.25, -0.2) is 9.50 Å². The van der Waals surface area contributed by atoms with E-state index in [9.17, 15) is 13.2 Å². The van der Waals surface area contributed by atoms with Gasteiger partial charge in [0, 0.05) is 51.2 Å². The highest BCUT2D eigenvalue weighted by atomic mass is 19.4. The number of ether oxygens (including phenoxy) is 1. The summed E-state index contributed by atoms with van der Waals surface area (Å²) in [5.74, 6) is 0.837. The Morgan fingerprint density at radius 3 is 2.46 bits per heavy atom. The van der Waals surface area contributed by atoms with Gasteiger partial charge in [-0.2, -0.15) is 13.2 Å². The minimum atomic E-state index is -4.40. The number of alkyl halides is 3. The zero-order chi connectivity index (χ0) is 26.3. The Morgan fingerprint density at radius 1 is 1.08 bits per heavy atom. The van der Waals surface area contributed by atoms with Crippen LogP contribution in [0.4, 0.5) is 19.0 Å². The van der Waals surface area contributed by atoms with Crippen molar-refractivity contribution in [3.63, 3.8) is 0 Å². The molecule has 7 nitrogen and oxygen atoms in total. The van der Waals surface area contributed by atoms with E-state index in [4.69, 9.17) is 14.8 Å². The van der Waals surface area contributed by atoms with E-state index < -0.39 is 11.7 Å². The highest BCUT2D eigenvalue weighted by molar-refractivity contribution is 5.56. The van der Waals surface area contributed by atoms with Gasteiger partial charge in [0.25, 0.3) is 0 Å². The monoisotopic (exact) mass is 516 g/mol. The number of hydrogen-bond acceptors (Lipinski definition) is 6. The smallest absolute Gasteiger partial charge is 0.378 e. The minimum Gasteiger partial charge on any atom is -0.378 e. The van der Waals surface area contributed by atoms with Gasteiger partial charge in [-0.05, 0) is 56.5 Å². The van der Waals surface area contributed by atoms with Crippen LogP contribution in [-0.4, -0.2) is 71.0 Å². The van der Waals surface area contributed by atoms with E-state index >= 15 is 0 Å². The molecule has 0 saturated carbocycles. The maximum absolute atomic E-state index is 13.7. The summed E-state index contributed by atoms with van der Waals surface area (Å²) in [6.07, 6.45) is -4.07. The molecule has 4 heterocycles. The van der Waals surface area contributed by atoms with E-state index in [1.807, 2.05) is 17.5 Å². The van der Waals surface area contributed by atoms with Crippen molar-refractivity contribution in [2.24, 2.45) is 0 Å². The van der Waals surface area contributed by atoms with E-state index in [2.05, 4.69) is 29.0 Å². The number of hydrogen-bond donors (Lipinski definition) is 1. The van der Waals surface area contributed by atoms with Crippen LogP contribution >= 0.6 is 0 Å². The van der Waals surface area contributed by atoms with Crippen molar-refractivity contribution in [1.29, 1.82) is 0 Å². The molecule has 2 aliphatic rings. The summed E-state index contributed by atoms with van der Waals surface area (Å²) >= 11 is 0. The SMILES string of the molecule is Cc1c(Cc2c(CN3CC(C)NC(C)C3)nc3c(C)cc(N4CCOCC4)nn23)cccc1C(F)(F)F. The van der Waals surface area contributed by atoms with Crippen molar-refractivity contribution in [1.82, 2.24) is 24.8 Å². The van der Waals surface area contributed by atoms with E-state index in [-0.39, 0.29) is 5.56 Å². The lowest BCUT2D eigenvalue weighted by Gasteiger charge is -2.35. The lowest BCUT2D eigenvalue weighted by Crippen LogP contribution is -2.53. The molecular weight excluding hydrogens is 481 g/mol. The largest absolute Gasteiger partial charge is 0.416 e. The van der Waals surface area contributed by atoms with Crippen molar-refractivity contribution in [3.05, 3.63) is 57.9 Å². The number of piperazine rings is 1. The Labute approximate surface area is 215 Å². The van der Waals surface area contributed by atoms with Gasteiger partial charge in [-0.1, -0.05) is 12.1 Å². The number of fused-ring (bicyclic) bond motifs is 1. The zero-order valence-corrected chi connectivity index (χ0v) is 21.9. The average Bonchev–Trinajstić information content (AvgIpc) is 3.17. The van der Waals surface area contributed by atoms with Crippen LogP contribution in [-0.2, 0) is 23.9 Å². The fraction of sp³-hybridized carbons (Fsp3) is 0.556. The molecule has 0 bridgehead atoms. The van der Waals surface area contributed by atoms with E-state index in [0.29, 0.717) is 43.8 Å².